The molecule has 0 saturated heterocycles. The first kappa shape index (κ1) is 15.8. The molecule has 1 fully saturated rings. The molecule has 2 atom stereocenters. The molecule has 2 rings (SSSR count). The molecule has 0 spiro atoms. The smallest absolute Gasteiger partial charge is 0.211 e. The number of aryl methyl sites for hydroxylation is 1. The van der Waals surface area contributed by atoms with Crippen LogP contribution in [0.25, 0.3) is 0 Å². The highest BCUT2D eigenvalue weighted by molar-refractivity contribution is 7.89. The molecule has 1 aromatic rings. The summed E-state index contributed by atoms with van der Waals surface area (Å²) < 4.78 is 27.1. The van der Waals surface area contributed by atoms with Crippen LogP contribution in [0.15, 0.2) is 29.2 Å². The fraction of sp³-hybridized carbons (Fsp3) is 0.600. The second-order valence-electron chi connectivity index (χ2n) is 5.45. The van der Waals surface area contributed by atoms with Crippen molar-refractivity contribution in [1.29, 1.82) is 0 Å². The van der Waals surface area contributed by atoms with Crippen LogP contribution in [0, 0.1) is 5.92 Å². The van der Waals surface area contributed by atoms with Gasteiger partial charge in [0.1, 0.15) is 0 Å². The molecule has 1 N–H and O–H groups in total. The van der Waals surface area contributed by atoms with Gasteiger partial charge in [0, 0.05) is 11.9 Å². The molecule has 2 unspecified atom stereocenters. The average molecular weight is 316 g/mol. The molecule has 1 aliphatic rings. The summed E-state index contributed by atoms with van der Waals surface area (Å²) in [5.74, 6) is 0.255. The van der Waals surface area contributed by atoms with Crippen molar-refractivity contribution in [2.24, 2.45) is 5.92 Å². The SMILES string of the molecule is CCCc1ccc(S(=O)(=O)NCC2CCCC2Cl)cc1. The van der Waals surface area contributed by atoms with Gasteiger partial charge in [-0.15, -0.1) is 11.6 Å². The van der Waals surface area contributed by atoms with E-state index in [4.69, 9.17) is 11.6 Å². The van der Waals surface area contributed by atoms with E-state index in [2.05, 4.69) is 11.6 Å². The predicted octanol–water partition coefficient (Wildman–Crippen LogP) is 3.32. The minimum Gasteiger partial charge on any atom is -0.211 e. The van der Waals surface area contributed by atoms with Crippen molar-refractivity contribution in [2.45, 2.75) is 49.3 Å². The Hall–Kier alpha value is -0.580. The van der Waals surface area contributed by atoms with Gasteiger partial charge in [-0.05, 0) is 42.9 Å². The van der Waals surface area contributed by atoms with Crippen LogP contribution in [0.2, 0.25) is 0 Å². The first-order valence-electron chi connectivity index (χ1n) is 7.25. The predicted molar refractivity (Wildman–Crippen MR) is 82.6 cm³/mol. The molecule has 1 aromatic carbocycles. The number of rotatable bonds is 6. The Morgan fingerprint density at radius 2 is 1.95 bits per heavy atom. The Labute approximate surface area is 126 Å². The third-order valence-corrected chi connectivity index (χ3v) is 5.89. The number of alkyl halides is 1. The Kier molecular flexibility index (Phi) is 5.47. The highest BCUT2D eigenvalue weighted by Crippen LogP contribution is 2.29. The zero-order chi connectivity index (χ0) is 14.6. The van der Waals surface area contributed by atoms with Gasteiger partial charge < -0.3 is 0 Å². The van der Waals surface area contributed by atoms with Crippen LogP contribution in [0.4, 0.5) is 0 Å². The Morgan fingerprint density at radius 1 is 1.25 bits per heavy atom. The van der Waals surface area contributed by atoms with Gasteiger partial charge >= 0.3 is 0 Å². The van der Waals surface area contributed by atoms with Crippen molar-refractivity contribution in [3.8, 4) is 0 Å². The molecule has 3 nitrogen and oxygen atoms in total. The summed E-state index contributed by atoms with van der Waals surface area (Å²) in [6.07, 6.45) is 5.12. The first-order chi connectivity index (χ1) is 9.53. The van der Waals surface area contributed by atoms with Crippen molar-refractivity contribution < 1.29 is 8.42 Å². The van der Waals surface area contributed by atoms with Crippen LogP contribution < -0.4 is 4.72 Å². The van der Waals surface area contributed by atoms with Crippen LogP contribution >= 0.6 is 11.6 Å². The Balaban J connectivity index is 1.98. The van der Waals surface area contributed by atoms with E-state index >= 15 is 0 Å². The van der Waals surface area contributed by atoms with Gasteiger partial charge in [-0.1, -0.05) is 31.9 Å². The van der Waals surface area contributed by atoms with Crippen molar-refractivity contribution in [1.82, 2.24) is 4.72 Å². The molecule has 0 aromatic heterocycles. The van der Waals surface area contributed by atoms with Gasteiger partial charge in [-0.3, -0.25) is 0 Å². The lowest BCUT2D eigenvalue weighted by Crippen LogP contribution is -2.31. The summed E-state index contributed by atoms with van der Waals surface area (Å²) in [5, 5.41) is 0.102. The van der Waals surface area contributed by atoms with Crippen LogP contribution in [-0.4, -0.2) is 20.3 Å². The van der Waals surface area contributed by atoms with Crippen LogP contribution in [0.1, 0.15) is 38.2 Å². The number of sulfonamides is 1. The largest absolute Gasteiger partial charge is 0.240 e. The topological polar surface area (TPSA) is 46.2 Å². The molecular formula is C15H22ClNO2S. The van der Waals surface area contributed by atoms with Gasteiger partial charge in [0.2, 0.25) is 10.0 Å². The normalized spacial score (nSPS) is 23.1. The van der Waals surface area contributed by atoms with Gasteiger partial charge in [0.15, 0.2) is 0 Å². The van der Waals surface area contributed by atoms with Crippen molar-refractivity contribution in [2.75, 3.05) is 6.54 Å². The van der Waals surface area contributed by atoms with Gasteiger partial charge in [0.25, 0.3) is 0 Å². The third-order valence-electron chi connectivity index (χ3n) is 3.87. The summed E-state index contributed by atoms with van der Waals surface area (Å²) in [4.78, 5) is 0.335. The summed E-state index contributed by atoms with van der Waals surface area (Å²) in [7, 11) is -3.41. The number of halogens is 1. The molecule has 0 bridgehead atoms. The monoisotopic (exact) mass is 315 g/mol. The molecule has 112 valence electrons. The number of hydrogen-bond donors (Lipinski definition) is 1. The second-order valence-corrected chi connectivity index (χ2v) is 7.78. The second kappa shape index (κ2) is 6.92. The molecule has 0 heterocycles. The molecule has 1 aliphatic carbocycles. The maximum atomic E-state index is 12.2. The summed E-state index contributed by atoms with van der Waals surface area (Å²) >= 11 is 6.17. The van der Waals surface area contributed by atoms with Crippen LogP contribution in [0.3, 0.4) is 0 Å². The standard InChI is InChI=1S/C15H22ClNO2S/c1-2-4-12-7-9-14(10-8-12)20(18,19)17-11-13-5-3-6-15(13)16/h7-10,13,15,17H,2-6,11H2,1H3. The van der Waals surface area contributed by atoms with Crippen LogP contribution in [0.5, 0.6) is 0 Å². The summed E-state index contributed by atoms with van der Waals surface area (Å²) in [6.45, 7) is 2.55. The lowest BCUT2D eigenvalue weighted by atomic mass is 10.1. The Morgan fingerprint density at radius 3 is 2.50 bits per heavy atom. The molecule has 1 saturated carbocycles. The van der Waals surface area contributed by atoms with Crippen molar-refractivity contribution in [3.05, 3.63) is 29.8 Å². The Bertz CT molecular complexity index is 527. The fourth-order valence-corrected chi connectivity index (χ4v) is 4.11. The third kappa shape index (κ3) is 3.96. The number of hydrogen-bond acceptors (Lipinski definition) is 2. The summed E-state index contributed by atoms with van der Waals surface area (Å²) in [6, 6.07) is 7.14. The molecule has 0 aliphatic heterocycles. The molecule has 20 heavy (non-hydrogen) atoms. The zero-order valence-electron chi connectivity index (χ0n) is 11.8. The van der Waals surface area contributed by atoms with E-state index in [0.29, 0.717) is 11.4 Å². The van der Waals surface area contributed by atoms with E-state index in [0.717, 1.165) is 32.1 Å². The average Bonchev–Trinajstić information content (AvgIpc) is 2.83. The number of nitrogens with one attached hydrogen (secondary N) is 1. The maximum Gasteiger partial charge on any atom is 0.240 e. The van der Waals surface area contributed by atoms with Gasteiger partial charge in [0.05, 0.1) is 4.90 Å². The van der Waals surface area contributed by atoms with Gasteiger partial charge in [-0.25, -0.2) is 13.1 Å². The molecule has 0 amide bonds. The molecule has 0 radical (unpaired) electrons. The molecular weight excluding hydrogens is 294 g/mol. The fourth-order valence-electron chi connectivity index (χ4n) is 2.65. The van der Waals surface area contributed by atoms with Crippen molar-refractivity contribution >= 4 is 21.6 Å². The zero-order valence-corrected chi connectivity index (χ0v) is 13.4. The maximum absolute atomic E-state index is 12.2. The first-order valence-corrected chi connectivity index (χ1v) is 9.17. The lowest BCUT2D eigenvalue weighted by molar-refractivity contribution is 0.523. The number of benzene rings is 1. The van der Waals surface area contributed by atoms with E-state index in [-0.39, 0.29) is 11.3 Å². The summed E-state index contributed by atoms with van der Waals surface area (Å²) in [5.41, 5.74) is 1.17. The van der Waals surface area contributed by atoms with Crippen LogP contribution in [-0.2, 0) is 16.4 Å². The van der Waals surface area contributed by atoms with Gasteiger partial charge in [-0.2, -0.15) is 0 Å². The minimum absolute atomic E-state index is 0.102. The van der Waals surface area contributed by atoms with E-state index in [1.54, 1.807) is 12.1 Å². The highest BCUT2D eigenvalue weighted by Gasteiger charge is 2.26. The molecule has 5 heteroatoms. The van der Waals surface area contributed by atoms with E-state index in [9.17, 15) is 8.42 Å². The van der Waals surface area contributed by atoms with Crippen molar-refractivity contribution in [3.63, 3.8) is 0 Å². The van der Waals surface area contributed by atoms with E-state index < -0.39 is 10.0 Å². The van der Waals surface area contributed by atoms with E-state index in [1.807, 2.05) is 12.1 Å². The quantitative estimate of drug-likeness (QED) is 0.818. The highest BCUT2D eigenvalue weighted by atomic mass is 35.5. The lowest BCUT2D eigenvalue weighted by Gasteiger charge is -2.14. The minimum atomic E-state index is -3.41. The van der Waals surface area contributed by atoms with E-state index in [1.165, 1.54) is 5.56 Å².